The van der Waals surface area contributed by atoms with Gasteiger partial charge in [-0.2, -0.15) is 27.0 Å². The molecule has 0 atom stereocenters. The monoisotopic (exact) mass is 578 g/mol. The average Bonchev–Trinajstić information content (AvgIpc) is 2.45. The van der Waals surface area contributed by atoms with Crippen LogP contribution in [-0.4, -0.2) is 107 Å². The van der Waals surface area contributed by atoms with Crippen LogP contribution in [0.15, 0.2) is 0 Å². The van der Waals surface area contributed by atoms with E-state index in [1.807, 2.05) is 0 Å². The summed E-state index contributed by atoms with van der Waals surface area (Å²) in [5, 5.41) is 15.8. The predicted molar refractivity (Wildman–Crippen MR) is 102 cm³/mol. The zero-order valence-electron chi connectivity index (χ0n) is 17.6. The molecule has 24 heteroatoms. The van der Waals surface area contributed by atoms with Crippen LogP contribution < -0.4 is 82.6 Å². The first-order valence-electron chi connectivity index (χ1n) is 6.86. The van der Waals surface area contributed by atoms with Crippen molar-refractivity contribution in [2.45, 2.75) is 0 Å². The van der Waals surface area contributed by atoms with Gasteiger partial charge in [0.15, 0.2) is 0 Å². The van der Waals surface area contributed by atoms with E-state index >= 15 is 0 Å². The maximum absolute atomic E-state index is 10.1. The molecule has 0 spiro atoms. The molecule has 32 heavy (non-hydrogen) atoms. The third-order valence-electron chi connectivity index (χ3n) is 1.57. The Bertz CT molecular complexity index is 723. The normalized spacial score (nSPS) is 10.6. The molecular formula is C8H28N4Na2O14S4. The van der Waals surface area contributed by atoms with E-state index in [9.17, 15) is 42.8 Å². The summed E-state index contributed by atoms with van der Waals surface area (Å²) in [6.07, 6.45) is 0. The summed E-state index contributed by atoms with van der Waals surface area (Å²) in [7, 11) is -15.7. The molecule has 0 rings (SSSR count). The van der Waals surface area contributed by atoms with Crippen LogP contribution in [0.4, 0.5) is 0 Å². The van der Waals surface area contributed by atoms with Gasteiger partial charge in [0.2, 0.25) is 0 Å². The van der Waals surface area contributed by atoms with Crippen LogP contribution in [0.25, 0.3) is 0 Å². The summed E-state index contributed by atoms with van der Waals surface area (Å²) in [5.74, 6) is 2.33. The number of aliphatic hydroxyl groups excluding tert-OH is 2. The summed E-state index contributed by atoms with van der Waals surface area (Å²) < 4.78 is 108. The molecule has 190 valence electrons. The zero-order valence-corrected chi connectivity index (χ0v) is 24.8. The van der Waals surface area contributed by atoms with E-state index in [-0.39, 0.29) is 84.1 Å². The van der Waals surface area contributed by atoms with Gasteiger partial charge < -0.3 is 36.9 Å². The van der Waals surface area contributed by atoms with Gasteiger partial charge in [-0.05, 0) is 0 Å². The molecule has 0 aliphatic rings. The van der Waals surface area contributed by atoms with Crippen LogP contribution in [0.5, 0.6) is 0 Å². The second-order valence-electron chi connectivity index (χ2n) is 4.19. The van der Waals surface area contributed by atoms with Crippen LogP contribution in [0.2, 0.25) is 0 Å². The Morgan fingerprint density at radius 1 is 0.688 bits per heavy atom. The standard InChI is InChI=1S/C2H7NO4S.2C2H7NO3S.C2H6O4S.H3N.2Na/c3-7-8(5,6)2-1-4;3*3-1-2-7(4,5)6;;;/h4H,1-3H2;2*1-3H2,(H,4,5,6);3H,1-2H2,(H,4,5,6);1H3;;/q;;;;;2*+1/p-2. The van der Waals surface area contributed by atoms with Crippen molar-refractivity contribution in [2.75, 3.05) is 49.3 Å². The number of aliphatic hydroxyl groups is 2. The molecule has 12 N–H and O–H groups in total. The minimum Gasteiger partial charge on any atom is -0.748 e. The smallest absolute Gasteiger partial charge is 0.748 e. The van der Waals surface area contributed by atoms with E-state index in [4.69, 9.17) is 26.2 Å². The molecule has 0 saturated carbocycles. The molecule has 0 amide bonds. The molecular weight excluding hydrogens is 550 g/mol. The van der Waals surface area contributed by atoms with Crippen LogP contribution in [0.1, 0.15) is 0 Å². The zero-order chi connectivity index (χ0) is 24.4. The van der Waals surface area contributed by atoms with Gasteiger partial charge >= 0.3 is 59.1 Å². The molecule has 0 heterocycles. The van der Waals surface area contributed by atoms with E-state index in [1.165, 1.54) is 0 Å². The Morgan fingerprint density at radius 2 is 1.00 bits per heavy atom. The first kappa shape index (κ1) is 50.3. The molecule has 0 aromatic rings. The quantitative estimate of drug-likeness (QED) is 0.0757. The van der Waals surface area contributed by atoms with E-state index < -0.39 is 70.9 Å². The van der Waals surface area contributed by atoms with Crippen LogP contribution in [-0.2, 0) is 44.8 Å². The summed E-state index contributed by atoms with van der Waals surface area (Å²) in [6.45, 7) is -1.18. The summed E-state index contributed by atoms with van der Waals surface area (Å²) in [5.41, 5.74) is 9.51. The fourth-order valence-electron chi connectivity index (χ4n) is 0.565. The summed E-state index contributed by atoms with van der Waals surface area (Å²) in [6, 6.07) is 0. The molecule has 0 aliphatic heterocycles. The van der Waals surface area contributed by atoms with Gasteiger partial charge in [-0.3, -0.25) is 4.55 Å². The third-order valence-corrected chi connectivity index (χ3v) is 4.72. The van der Waals surface area contributed by atoms with E-state index in [0.29, 0.717) is 0 Å². The van der Waals surface area contributed by atoms with E-state index in [1.54, 1.807) is 0 Å². The number of hydrogen-bond acceptors (Lipinski definition) is 17. The van der Waals surface area contributed by atoms with Gasteiger partial charge in [0, 0.05) is 13.1 Å². The van der Waals surface area contributed by atoms with Gasteiger partial charge in [-0.25, -0.2) is 16.8 Å². The molecule has 0 fully saturated rings. The Balaban J connectivity index is -0.0000000506. The maximum atomic E-state index is 10.1. The van der Waals surface area contributed by atoms with Crippen molar-refractivity contribution in [2.24, 2.45) is 17.4 Å². The van der Waals surface area contributed by atoms with Crippen LogP contribution >= 0.6 is 0 Å². The Labute approximate surface area is 232 Å². The Hall–Kier alpha value is 1.40. The molecule has 0 unspecified atom stereocenters. The van der Waals surface area contributed by atoms with Crippen molar-refractivity contribution in [3.8, 4) is 0 Å². The van der Waals surface area contributed by atoms with Crippen molar-refractivity contribution in [3.63, 3.8) is 0 Å². The SMILES string of the molecule is N.NCCS(=O)(=O)O.NCCS(=O)(=O)[O-].NOS(=O)(=O)CCO.O=S(=O)([O-])CCO.[Na+].[Na+]. The number of rotatable bonds is 9. The van der Waals surface area contributed by atoms with Crippen molar-refractivity contribution >= 4 is 40.5 Å². The Morgan fingerprint density at radius 3 is 1.03 bits per heavy atom. The second-order valence-corrected chi connectivity index (χ2v) is 10.5. The predicted octanol–water partition coefficient (Wildman–Crippen LogP) is -11.8. The van der Waals surface area contributed by atoms with Gasteiger partial charge in [-0.1, -0.05) is 0 Å². The average molecular weight is 579 g/mol. The van der Waals surface area contributed by atoms with E-state index in [2.05, 4.69) is 10.2 Å². The van der Waals surface area contributed by atoms with Gasteiger partial charge in [0.05, 0.1) is 50.7 Å². The van der Waals surface area contributed by atoms with Crippen molar-refractivity contribution in [1.82, 2.24) is 6.15 Å². The number of hydrogen-bond donors (Lipinski definition) is 7. The topological polar surface area (TPSA) is 366 Å². The molecule has 0 aliphatic carbocycles. The minimum absolute atomic E-state index is 0. The molecule has 0 radical (unpaired) electrons. The largest absolute Gasteiger partial charge is 1.00 e. The second kappa shape index (κ2) is 27.0. The van der Waals surface area contributed by atoms with Gasteiger partial charge in [-0.15, -0.1) is 0 Å². The molecule has 0 aromatic heterocycles. The molecule has 0 saturated heterocycles. The molecule has 0 aromatic carbocycles. The Kier molecular flexibility index (Phi) is 42.4. The summed E-state index contributed by atoms with van der Waals surface area (Å²) >= 11 is 0. The maximum Gasteiger partial charge on any atom is 1.00 e. The first-order valence-corrected chi connectivity index (χ1v) is 13.2. The van der Waals surface area contributed by atoms with Gasteiger partial charge in [0.25, 0.3) is 20.2 Å². The van der Waals surface area contributed by atoms with Crippen LogP contribution in [0, 0.1) is 0 Å². The third kappa shape index (κ3) is 69.7. The van der Waals surface area contributed by atoms with Crippen molar-refractivity contribution < 1.29 is 121 Å². The van der Waals surface area contributed by atoms with Gasteiger partial charge in [0.1, 0.15) is 5.75 Å². The fraction of sp³-hybridized carbons (Fsp3) is 1.00. The van der Waals surface area contributed by atoms with Crippen LogP contribution in [0.3, 0.4) is 0 Å². The first-order chi connectivity index (χ1) is 12.8. The summed E-state index contributed by atoms with van der Waals surface area (Å²) in [4.78, 5) is 0. The van der Waals surface area contributed by atoms with Crippen molar-refractivity contribution in [1.29, 1.82) is 0 Å². The fourth-order valence-corrected chi connectivity index (χ4v) is 1.69. The molecule has 0 bridgehead atoms. The minimum atomic E-state index is -4.17. The van der Waals surface area contributed by atoms with Crippen molar-refractivity contribution in [3.05, 3.63) is 0 Å². The number of nitrogens with two attached hydrogens (primary N) is 3. The van der Waals surface area contributed by atoms with E-state index in [0.717, 1.165) is 0 Å². The molecule has 18 nitrogen and oxygen atoms in total.